The third kappa shape index (κ3) is 3.67. The molecule has 0 unspecified atom stereocenters. The highest BCUT2D eigenvalue weighted by molar-refractivity contribution is 7.89. The number of ether oxygens (including phenoxy) is 1. The van der Waals surface area contributed by atoms with Crippen LogP contribution < -0.4 is 10.1 Å². The Kier molecular flexibility index (Phi) is 5.06. The zero-order chi connectivity index (χ0) is 18.2. The molecule has 138 valence electrons. The zero-order valence-electron chi connectivity index (χ0n) is 15.0. The second-order valence-electron chi connectivity index (χ2n) is 7.34. The number of nitrogens with one attached hydrogen (secondary N) is 1. The van der Waals surface area contributed by atoms with Gasteiger partial charge in [0.1, 0.15) is 5.75 Å². The first-order chi connectivity index (χ1) is 11.8. The summed E-state index contributed by atoms with van der Waals surface area (Å²) in [6.45, 7) is 0. The van der Waals surface area contributed by atoms with E-state index in [1.807, 2.05) is 0 Å². The number of methoxy groups -OCH3 is 1. The van der Waals surface area contributed by atoms with Gasteiger partial charge in [-0.3, -0.25) is 4.79 Å². The van der Waals surface area contributed by atoms with E-state index in [0.717, 1.165) is 16.6 Å². The molecule has 7 heteroatoms. The SMILES string of the molecule is COc1ccc(S(=O)(=O)N(C)C)cc1NC(=O)C[C@@H]1C[C@@H]2CC[C@@H]1C2. The lowest BCUT2D eigenvalue weighted by molar-refractivity contribution is -0.117. The maximum absolute atomic E-state index is 12.5. The highest BCUT2D eigenvalue weighted by Gasteiger charge is 2.40. The number of rotatable bonds is 6. The van der Waals surface area contributed by atoms with E-state index < -0.39 is 10.0 Å². The maximum Gasteiger partial charge on any atom is 0.242 e. The Morgan fingerprint density at radius 3 is 2.60 bits per heavy atom. The number of hydrogen-bond donors (Lipinski definition) is 1. The predicted octanol–water partition coefficient (Wildman–Crippen LogP) is 2.71. The molecule has 2 bridgehead atoms. The molecular formula is C18H26N2O4S. The highest BCUT2D eigenvalue weighted by Crippen LogP contribution is 2.49. The fourth-order valence-corrected chi connectivity index (χ4v) is 5.15. The number of sulfonamides is 1. The molecule has 2 aliphatic rings. The Labute approximate surface area is 149 Å². The van der Waals surface area contributed by atoms with E-state index in [-0.39, 0.29) is 10.8 Å². The molecule has 0 saturated heterocycles. The maximum atomic E-state index is 12.5. The summed E-state index contributed by atoms with van der Waals surface area (Å²) in [5, 5.41) is 2.85. The van der Waals surface area contributed by atoms with Gasteiger partial charge >= 0.3 is 0 Å². The van der Waals surface area contributed by atoms with Gasteiger partial charge in [-0.05, 0) is 55.2 Å². The molecule has 6 nitrogen and oxygen atoms in total. The van der Waals surface area contributed by atoms with Crippen molar-refractivity contribution in [3.05, 3.63) is 18.2 Å². The number of hydrogen-bond acceptors (Lipinski definition) is 4. The average Bonchev–Trinajstić information content (AvgIpc) is 3.17. The van der Waals surface area contributed by atoms with Gasteiger partial charge in [-0.25, -0.2) is 12.7 Å². The summed E-state index contributed by atoms with van der Waals surface area (Å²) in [7, 11) is 0.896. The first-order valence-corrected chi connectivity index (χ1v) is 10.2. The van der Waals surface area contributed by atoms with Crippen molar-refractivity contribution in [3.8, 4) is 5.75 Å². The monoisotopic (exact) mass is 366 g/mol. The van der Waals surface area contributed by atoms with Gasteiger partial charge in [-0.1, -0.05) is 6.42 Å². The third-order valence-corrected chi connectivity index (χ3v) is 7.37. The summed E-state index contributed by atoms with van der Waals surface area (Å²) in [4.78, 5) is 12.6. The van der Waals surface area contributed by atoms with Crippen LogP contribution in [0, 0.1) is 17.8 Å². The summed E-state index contributed by atoms with van der Waals surface area (Å²) in [6, 6.07) is 4.52. The summed E-state index contributed by atoms with van der Waals surface area (Å²) in [5.74, 6) is 2.32. The van der Waals surface area contributed by atoms with E-state index in [1.54, 1.807) is 6.07 Å². The standard InChI is InChI=1S/C18H26N2O4S/c1-20(2)25(22,23)15-6-7-17(24-3)16(11-15)19-18(21)10-14-9-12-4-5-13(14)8-12/h6-7,11-14H,4-5,8-10H2,1-3H3,(H,19,21)/t12-,13-,14+/m1/s1. The number of fused-ring (bicyclic) bond motifs is 2. The van der Waals surface area contributed by atoms with Crippen molar-refractivity contribution in [2.75, 3.05) is 26.5 Å². The van der Waals surface area contributed by atoms with Crippen LogP contribution in [0.15, 0.2) is 23.1 Å². The van der Waals surface area contributed by atoms with Gasteiger partial charge < -0.3 is 10.1 Å². The van der Waals surface area contributed by atoms with Crippen LogP contribution in [0.4, 0.5) is 5.69 Å². The quantitative estimate of drug-likeness (QED) is 0.840. The van der Waals surface area contributed by atoms with E-state index in [2.05, 4.69) is 5.32 Å². The van der Waals surface area contributed by atoms with E-state index in [9.17, 15) is 13.2 Å². The van der Waals surface area contributed by atoms with Crippen LogP contribution in [0.2, 0.25) is 0 Å². The van der Waals surface area contributed by atoms with E-state index in [0.29, 0.717) is 29.7 Å². The first-order valence-electron chi connectivity index (χ1n) is 8.71. The van der Waals surface area contributed by atoms with Crippen LogP contribution in [-0.4, -0.2) is 39.8 Å². The number of nitrogens with zero attached hydrogens (tertiary/aromatic N) is 1. The van der Waals surface area contributed by atoms with Crippen LogP contribution in [0.5, 0.6) is 5.75 Å². The second-order valence-corrected chi connectivity index (χ2v) is 9.49. The summed E-state index contributed by atoms with van der Waals surface area (Å²) in [5.41, 5.74) is 0.401. The van der Waals surface area contributed by atoms with Crippen molar-refractivity contribution in [1.29, 1.82) is 0 Å². The number of anilines is 1. The summed E-state index contributed by atoms with van der Waals surface area (Å²) >= 11 is 0. The van der Waals surface area contributed by atoms with Crippen molar-refractivity contribution in [2.24, 2.45) is 17.8 Å². The minimum atomic E-state index is -3.56. The van der Waals surface area contributed by atoms with Crippen LogP contribution >= 0.6 is 0 Å². The molecule has 0 radical (unpaired) electrons. The zero-order valence-corrected chi connectivity index (χ0v) is 15.8. The van der Waals surface area contributed by atoms with Gasteiger partial charge in [0, 0.05) is 20.5 Å². The minimum absolute atomic E-state index is 0.0738. The first kappa shape index (κ1) is 18.2. The molecule has 1 aromatic carbocycles. The Morgan fingerprint density at radius 2 is 2.04 bits per heavy atom. The van der Waals surface area contributed by atoms with Crippen LogP contribution in [-0.2, 0) is 14.8 Å². The molecular weight excluding hydrogens is 340 g/mol. The van der Waals surface area contributed by atoms with Gasteiger partial charge in [-0.15, -0.1) is 0 Å². The van der Waals surface area contributed by atoms with Crippen LogP contribution in [0.1, 0.15) is 32.1 Å². The number of benzene rings is 1. The third-order valence-electron chi connectivity index (χ3n) is 5.56. The number of amides is 1. The topological polar surface area (TPSA) is 75.7 Å². The van der Waals surface area contributed by atoms with Gasteiger partial charge in [0.05, 0.1) is 17.7 Å². The number of carbonyl (C=O) groups excluding carboxylic acids is 1. The lowest BCUT2D eigenvalue weighted by Gasteiger charge is -2.21. The smallest absolute Gasteiger partial charge is 0.242 e. The molecule has 3 atom stereocenters. The average molecular weight is 366 g/mol. The molecule has 1 N–H and O–H groups in total. The van der Waals surface area contributed by atoms with Crippen molar-refractivity contribution < 1.29 is 17.9 Å². The Hall–Kier alpha value is -1.60. The molecule has 0 aromatic heterocycles. The molecule has 25 heavy (non-hydrogen) atoms. The van der Waals surface area contributed by atoms with E-state index in [4.69, 9.17) is 4.74 Å². The molecule has 2 aliphatic carbocycles. The Balaban J connectivity index is 1.75. The molecule has 0 heterocycles. The number of carbonyl (C=O) groups is 1. The lowest BCUT2D eigenvalue weighted by Crippen LogP contribution is -2.23. The van der Waals surface area contributed by atoms with Gasteiger partial charge in [0.25, 0.3) is 0 Å². The van der Waals surface area contributed by atoms with Crippen LogP contribution in [0.25, 0.3) is 0 Å². The lowest BCUT2D eigenvalue weighted by atomic mass is 9.86. The molecule has 1 amide bonds. The normalized spacial score (nSPS) is 25.4. The summed E-state index contributed by atoms with van der Waals surface area (Å²) < 4.78 is 31.0. The molecule has 0 aliphatic heterocycles. The van der Waals surface area contributed by atoms with Gasteiger partial charge in [0.2, 0.25) is 15.9 Å². The van der Waals surface area contributed by atoms with Crippen molar-refractivity contribution in [2.45, 2.75) is 37.0 Å². The minimum Gasteiger partial charge on any atom is -0.495 e. The fraction of sp³-hybridized carbons (Fsp3) is 0.611. The van der Waals surface area contributed by atoms with Crippen molar-refractivity contribution in [1.82, 2.24) is 4.31 Å². The van der Waals surface area contributed by atoms with Gasteiger partial charge in [0.15, 0.2) is 0 Å². The van der Waals surface area contributed by atoms with Crippen molar-refractivity contribution in [3.63, 3.8) is 0 Å². The van der Waals surface area contributed by atoms with Crippen molar-refractivity contribution >= 4 is 21.6 Å². The Bertz CT molecular complexity index is 760. The molecule has 0 spiro atoms. The fourth-order valence-electron chi connectivity index (χ4n) is 4.22. The molecule has 2 fully saturated rings. The summed E-state index contributed by atoms with van der Waals surface area (Å²) in [6.07, 6.45) is 5.45. The van der Waals surface area contributed by atoms with Gasteiger partial charge in [-0.2, -0.15) is 0 Å². The molecule has 3 rings (SSSR count). The predicted molar refractivity (Wildman–Crippen MR) is 96.1 cm³/mol. The van der Waals surface area contributed by atoms with E-state index >= 15 is 0 Å². The largest absolute Gasteiger partial charge is 0.495 e. The molecule has 1 aromatic rings. The van der Waals surface area contributed by atoms with E-state index in [1.165, 1.54) is 52.6 Å². The Morgan fingerprint density at radius 1 is 1.28 bits per heavy atom. The molecule has 2 saturated carbocycles. The van der Waals surface area contributed by atoms with Crippen LogP contribution in [0.3, 0.4) is 0 Å². The second kappa shape index (κ2) is 6.96. The highest BCUT2D eigenvalue weighted by atomic mass is 32.2.